The molecule has 0 aliphatic heterocycles. The van der Waals surface area contributed by atoms with Crippen molar-refractivity contribution >= 4 is 21.4 Å². The van der Waals surface area contributed by atoms with Gasteiger partial charge in [0.15, 0.2) is 0 Å². The second-order valence-electron chi connectivity index (χ2n) is 4.08. The van der Waals surface area contributed by atoms with Crippen LogP contribution in [-0.4, -0.2) is 25.6 Å². The van der Waals surface area contributed by atoms with Gasteiger partial charge < -0.3 is 10.4 Å². The van der Waals surface area contributed by atoms with Crippen molar-refractivity contribution in [3.05, 3.63) is 48.3 Å². The first-order valence-electron chi connectivity index (χ1n) is 5.91. The Kier molecular flexibility index (Phi) is 4.21. The molecule has 0 aliphatic carbocycles. The number of nitrogens with zero attached hydrogens (tertiary/aromatic N) is 1. The van der Waals surface area contributed by atoms with Crippen LogP contribution < -0.4 is 10.0 Å². The van der Waals surface area contributed by atoms with Crippen LogP contribution in [0.1, 0.15) is 5.56 Å². The molecule has 0 amide bonds. The monoisotopic (exact) mass is 293 g/mol. The molecule has 0 spiro atoms. The topological polar surface area (TPSA) is 91.3 Å². The third-order valence-electron chi connectivity index (χ3n) is 2.73. The van der Waals surface area contributed by atoms with E-state index in [0.29, 0.717) is 16.9 Å². The summed E-state index contributed by atoms with van der Waals surface area (Å²) in [5.41, 5.74) is 1.61. The average Bonchev–Trinajstić information content (AvgIpc) is 2.47. The highest BCUT2D eigenvalue weighted by atomic mass is 32.2. The van der Waals surface area contributed by atoms with Gasteiger partial charge in [-0.05, 0) is 23.8 Å². The SMILES string of the molecule is CNc1ccncc1S(=O)(=O)Nc1ccc(CO)cc1. The van der Waals surface area contributed by atoms with E-state index in [1.165, 1.54) is 12.4 Å². The van der Waals surface area contributed by atoms with E-state index in [-0.39, 0.29) is 11.5 Å². The molecule has 0 fully saturated rings. The van der Waals surface area contributed by atoms with Gasteiger partial charge in [0.05, 0.1) is 12.3 Å². The first-order chi connectivity index (χ1) is 9.56. The summed E-state index contributed by atoms with van der Waals surface area (Å²) in [6.45, 7) is -0.0838. The Bertz CT molecular complexity index is 684. The van der Waals surface area contributed by atoms with Crippen molar-refractivity contribution in [2.24, 2.45) is 0 Å². The first kappa shape index (κ1) is 14.3. The molecule has 0 atom stereocenters. The van der Waals surface area contributed by atoms with Crippen LogP contribution in [0.2, 0.25) is 0 Å². The normalized spacial score (nSPS) is 11.1. The van der Waals surface area contributed by atoms with E-state index in [9.17, 15) is 8.42 Å². The Morgan fingerprint density at radius 3 is 2.50 bits per heavy atom. The predicted molar refractivity (Wildman–Crippen MR) is 77.0 cm³/mol. The van der Waals surface area contributed by atoms with Crippen molar-refractivity contribution < 1.29 is 13.5 Å². The molecule has 0 unspecified atom stereocenters. The molecule has 3 N–H and O–H groups in total. The number of anilines is 2. The Hall–Kier alpha value is -2.12. The fraction of sp³-hybridized carbons (Fsp3) is 0.154. The van der Waals surface area contributed by atoms with Crippen molar-refractivity contribution in [2.45, 2.75) is 11.5 Å². The number of aliphatic hydroxyl groups is 1. The molecule has 1 heterocycles. The number of nitrogens with one attached hydrogen (secondary N) is 2. The molecule has 0 radical (unpaired) electrons. The molecule has 2 aromatic rings. The van der Waals surface area contributed by atoms with Crippen molar-refractivity contribution in [3.8, 4) is 0 Å². The highest BCUT2D eigenvalue weighted by molar-refractivity contribution is 7.92. The molecule has 0 bridgehead atoms. The van der Waals surface area contributed by atoms with Crippen molar-refractivity contribution in [1.82, 2.24) is 4.98 Å². The fourth-order valence-electron chi connectivity index (χ4n) is 1.69. The number of sulfonamides is 1. The van der Waals surface area contributed by atoms with Crippen molar-refractivity contribution in [2.75, 3.05) is 17.1 Å². The maximum atomic E-state index is 12.3. The Labute approximate surface area is 117 Å². The highest BCUT2D eigenvalue weighted by Crippen LogP contribution is 2.22. The lowest BCUT2D eigenvalue weighted by Gasteiger charge is -2.11. The Morgan fingerprint density at radius 1 is 1.20 bits per heavy atom. The van der Waals surface area contributed by atoms with Crippen LogP contribution in [0.5, 0.6) is 0 Å². The Balaban J connectivity index is 2.30. The van der Waals surface area contributed by atoms with Gasteiger partial charge in [-0.2, -0.15) is 0 Å². The van der Waals surface area contributed by atoms with E-state index in [2.05, 4.69) is 15.0 Å². The quantitative estimate of drug-likeness (QED) is 0.775. The van der Waals surface area contributed by atoms with Crippen LogP contribution in [0.25, 0.3) is 0 Å². The van der Waals surface area contributed by atoms with Gasteiger partial charge in [-0.1, -0.05) is 12.1 Å². The van der Waals surface area contributed by atoms with Crippen LogP contribution in [0.3, 0.4) is 0 Å². The molecule has 6 nitrogen and oxygen atoms in total. The van der Waals surface area contributed by atoms with Gasteiger partial charge in [-0.15, -0.1) is 0 Å². The molecule has 0 saturated heterocycles. The molecule has 1 aromatic heterocycles. The third kappa shape index (κ3) is 3.06. The zero-order valence-electron chi connectivity index (χ0n) is 10.9. The molecular formula is C13H15N3O3S. The number of pyridine rings is 1. The van der Waals surface area contributed by atoms with E-state index < -0.39 is 10.0 Å². The molecular weight excluding hydrogens is 278 g/mol. The standard InChI is InChI=1S/C13H15N3O3S/c1-14-12-6-7-15-8-13(12)20(18,19)16-11-4-2-10(9-17)3-5-11/h2-8,16-17H,9H2,1H3,(H,14,15). The lowest BCUT2D eigenvalue weighted by atomic mass is 10.2. The van der Waals surface area contributed by atoms with Crippen LogP contribution >= 0.6 is 0 Å². The second kappa shape index (κ2) is 5.89. The first-order valence-corrected chi connectivity index (χ1v) is 7.39. The molecule has 0 saturated carbocycles. The van der Waals surface area contributed by atoms with Gasteiger partial charge in [-0.3, -0.25) is 9.71 Å². The van der Waals surface area contributed by atoms with Gasteiger partial charge in [-0.25, -0.2) is 8.42 Å². The number of aromatic nitrogens is 1. The van der Waals surface area contributed by atoms with Crippen molar-refractivity contribution in [3.63, 3.8) is 0 Å². The van der Waals surface area contributed by atoms with Gasteiger partial charge in [0.2, 0.25) is 0 Å². The predicted octanol–water partition coefficient (Wildman–Crippen LogP) is 1.42. The van der Waals surface area contributed by atoms with E-state index in [1.807, 2.05) is 0 Å². The highest BCUT2D eigenvalue weighted by Gasteiger charge is 2.18. The average molecular weight is 293 g/mol. The van der Waals surface area contributed by atoms with E-state index in [4.69, 9.17) is 5.11 Å². The van der Waals surface area contributed by atoms with Crippen LogP contribution in [0.15, 0.2) is 47.6 Å². The van der Waals surface area contributed by atoms with E-state index in [1.54, 1.807) is 37.4 Å². The third-order valence-corrected chi connectivity index (χ3v) is 4.14. The zero-order valence-corrected chi connectivity index (χ0v) is 11.7. The minimum atomic E-state index is -3.71. The molecule has 1 aromatic carbocycles. The van der Waals surface area contributed by atoms with Gasteiger partial charge >= 0.3 is 0 Å². The van der Waals surface area contributed by atoms with Crippen molar-refractivity contribution in [1.29, 1.82) is 0 Å². The number of rotatable bonds is 5. The Morgan fingerprint density at radius 2 is 1.90 bits per heavy atom. The summed E-state index contributed by atoms with van der Waals surface area (Å²) in [5, 5.41) is 11.8. The minimum Gasteiger partial charge on any atom is -0.392 e. The van der Waals surface area contributed by atoms with Crippen LogP contribution in [0, 0.1) is 0 Å². The van der Waals surface area contributed by atoms with Crippen LogP contribution in [-0.2, 0) is 16.6 Å². The molecule has 7 heteroatoms. The van der Waals surface area contributed by atoms with Gasteiger partial charge in [0, 0.05) is 25.1 Å². The van der Waals surface area contributed by atoms with Crippen LogP contribution in [0.4, 0.5) is 11.4 Å². The van der Waals surface area contributed by atoms with E-state index >= 15 is 0 Å². The summed E-state index contributed by atoms with van der Waals surface area (Å²) in [5.74, 6) is 0. The maximum absolute atomic E-state index is 12.3. The lowest BCUT2D eigenvalue weighted by molar-refractivity contribution is 0.282. The van der Waals surface area contributed by atoms with Gasteiger partial charge in [0.25, 0.3) is 10.0 Å². The minimum absolute atomic E-state index is 0.0775. The molecule has 0 aliphatic rings. The zero-order chi connectivity index (χ0) is 14.6. The summed E-state index contributed by atoms with van der Waals surface area (Å²) < 4.78 is 27.1. The lowest BCUT2D eigenvalue weighted by Crippen LogP contribution is -2.15. The van der Waals surface area contributed by atoms with Gasteiger partial charge in [0.1, 0.15) is 4.90 Å². The number of aliphatic hydroxyl groups excluding tert-OH is 1. The fourth-order valence-corrected chi connectivity index (χ4v) is 2.90. The summed E-state index contributed by atoms with van der Waals surface area (Å²) in [6.07, 6.45) is 2.80. The smallest absolute Gasteiger partial charge is 0.265 e. The number of hydrogen-bond acceptors (Lipinski definition) is 5. The van der Waals surface area contributed by atoms with E-state index in [0.717, 1.165) is 0 Å². The number of benzene rings is 1. The molecule has 20 heavy (non-hydrogen) atoms. The summed E-state index contributed by atoms with van der Waals surface area (Å²) in [4.78, 5) is 3.91. The maximum Gasteiger partial charge on any atom is 0.265 e. The summed E-state index contributed by atoms with van der Waals surface area (Å²) >= 11 is 0. The second-order valence-corrected chi connectivity index (χ2v) is 5.73. The molecule has 2 rings (SSSR count). The largest absolute Gasteiger partial charge is 0.392 e. The summed E-state index contributed by atoms with van der Waals surface area (Å²) in [6, 6.07) is 8.08. The number of hydrogen-bond donors (Lipinski definition) is 3. The molecule has 106 valence electrons. The summed E-state index contributed by atoms with van der Waals surface area (Å²) in [7, 11) is -2.07.